The third kappa shape index (κ3) is 2.33. The standard InChI is InChI=1S/C11H15NO2/c1-12(2)10(11(13)14-3)9-7-5-4-6-8-9/h4-8,10H,1-3H3/t10-/m0/s1. The molecule has 3 nitrogen and oxygen atoms in total. The first-order valence-corrected chi connectivity index (χ1v) is 4.46. The Hall–Kier alpha value is -1.35. The van der Waals surface area contributed by atoms with Gasteiger partial charge in [0.2, 0.25) is 0 Å². The van der Waals surface area contributed by atoms with Crippen molar-refractivity contribution in [1.82, 2.24) is 4.90 Å². The number of rotatable bonds is 3. The van der Waals surface area contributed by atoms with Crippen LogP contribution in [-0.4, -0.2) is 32.1 Å². The van der Waals surface area contributed by atoms with Gasteiger partial charge in [-0.05, 0) is 19.7 Å². The van der Waals surface area contributed by atoms with Gasteiger partial charge in [0, 0.05) is 0 Å². The molecule has 0 saturated carbocycles. The minimum Gasteiger partial charge on any atom is -0.468 e. The van der Waals surface area contributed by atoms with Crippen molar-refractivity contribution < 1.29 is 9.53 Å². The molecule has 0 spiro atoms. The lowest BCUT2D eigenvalue weighted by Crippen LogP contribution is -2.28. The molecule has 1 atom stereocenters. The lowest BCUT2D eigenvalue weighted by atomic mass is 10.1. The highest BCUT2D eigenvalue weighted by molar-refractivity contribution is 5.77. The van der Waals surface area contributed by atoms with Crippen LogP contribution in [0.2, 0.25) is 0 Å². The van der Waals surface area contributed by atoms with E-state index in [2.05, 4.69) is 0 Å². The fourth-order valence-electron chi connectivity index (χ4n) is 1.39. The molecule has 0 saturated heterocycles. The fourth-order valence-corrected chi connectivity index (χ4v) is 1.39. The van der Waals surface area contributed by atoms with E-state index in [-0.39, 0.29) is 12.0 Å². The van der Waals surface area contributed by atoms with Gasteiger partial charge in [-0.25, -0.2) is 4.79 Å². The summed E-state index contributed by atoms with van der Waals surface area (Å²) in [6.07, 6.45) is 0. The number of methoxy groups -OCH3 is 1. The Labute approximate surface area is 84.3 Å². The fraction of sp³-hybridized carbons (Fsp3) is 0.364. The zero-order valence-corrected chi connectivity index (χ0v) is 8.73. The summed E-state index contributed by atoms with van der Waals surface area (Å²) in [5, 5.41) is 0. The molecule has 0 fully saturated rings. The van der Waals surface area contributed by atoms with Crippen LogP contribution in [0.3, 0.4) is 0 Å². The summed E-state index contributed by atoms with van der Waals surface area (Å²) in [6, 6.07) is 9.27. The van der Waals surface area contributed by atoms with Crippen LogP contribution in [0.4, 0.5) is 0 Å². The van der Waals surface area contributed by atoms with Crippen LogP contribution in [0.1, 0.15) is 11.6 Å². The highest BCUT2D eigenvalue weighted by atomic mass is 16.5. The molecule has 0 bridgehead atoms. The molecular formula is C11H15NO2. The molecule has 0 heterocycles. The number of ether oxygens (including phenoxy) is 1. The largest absolute Gasteiger partial charge is 0.468 e. The molecule has 0 aliphatic rings. The number of hydrogen-bond donors (Lipinski definition) is 0. The first-order chi connectivity index (χ1) is 6.66. The lowest BCUT2D eigenvalue weighted by Gasteiger charge is -2.21. The summed E-state index contributed by atoms with van der Waals surface area (Å²) in [5.41, 5.74) is 0.948. The van der Waals surface area contributed by atoms with Gasteiger partial charge in [0.1, 0.15) is 6.04 Å². The molecule has 0 radical (unpaired) electrons. The summed E-state index contributed by atoms with van der Waals surface area (Å²) in [4.78, 5) is 13.3. The second-order valence-corrected chi connectivity index (χ2v) is 3.30. The highest BCUT2D eigenvalue weighted by Gasteiger charge is 2.22. The quantitative estimate of drug-likeness (QED) is 0.681. The van der Waals surface area contributed by atoms with E-state index in [1.165, 1.54) is 7.11 Å². The Kier molecular flexibility index (Phi) is 3.65. The first kappa shape index (κ1) is 10.7. The molecule has 3 heteroatoms. The number of benzene rings is 1. The summed E-state index contributed by atoms with van der Waals surface area (Å²) in [7, 11) is 5.12. The second-order valence-electron chi connectivity index (χ2n) is 3.30. The van der Waals surface area contributed by atoms with Crippen molar-refractivity contribution in [2.75, 3.05) is 21.2 Å². The van der Waals surface area contributed by atoms with Crippen molar-refractivity contribution >= 4 is 5.97 Å². The maximum atomic E-state index is 11.5. The van der Waals surface area contributed by atoms with Gasteiger partial charge in [-0.15, -0.1) is 0 Å². The smallest absolute Gasteiger partial charge is 0.327 e. The van der Waals surface area contributed by atoms with Crippen LogP contribution >= 0.6 is 0 Å². The van der Waals surface area contributed by atoms with Crippen molar-refractivity contribution in [3.05, 3.63) is 35.9 Å². The lowest BCUT2D eigenvalue weighted by molar-refractivity contribution is -0.146. The van der Waals surface area contributed by atoms with Gasteiger partial charge in [-0.1, -0.05) is 30.3 Å². The Bertz CT molecular complexity index is 295. The zero-order valence-electron chi connectivity index (χ0n) is 8.73. The number of carbonyl (C=O) groups excluding carboxylic acids is 1. The van der Waals surface area contributed by atoms with E-state index < -0.39 is 0 Å². The third-order valence-corrected chi connectivity index (χ3v) is 2.06. The molecule has 1 rings (SSSR count). The molecule has 0 N–H and O–H groups in total. The number of likely N-dealkylation sites (N-methyl/N-ethyl adjacent to an activating group) is 1. The van der Waals surface area contributed by atoms with Gasteiger partial charge in [0.25, 0.3) is 0 Å². The van der Waals surface area contributed by atoms with E-state index >= 15 is 0 Å². The van der Waals surface area contributed by atoms with E-state index in [9.17, 15) is 4.79 Å². The summed E-state index contributed by atoms with van der Waals surface area (Å²) >= 11 is 0. The van der Waals surface area contributed by atoms with Gasteiger partial charge in [0.15, 0.2) is 0 Å². The second kappa shape index (κ2) is 4.77. The number of esters is 1. The zero-order chi connectivity index (χ0) is 10.6. The molecule has 76 valence electrons. The van der Waals surface area contributed by atoms with Crippen molar-refractivity contribution in [3.63, 3.8) is 0 Å². The van der Waals surface area contributed by atoms with E-state index in [0.717, 1.165) is 5.56 Å². The third-order valence-electron chi connectivity index (χ3n) is 2.06. The minimum absolute atomic E-state index is 0.235. The van der Waals surface area contributed by atoms with Crippen LogP contribution in [-0.2, 0) is 9.53 Å². The van der Waals surface area contributed by atoms with E-state index in [1.54, 1.807) is 0 Å². The van der Waals surface area contributed by atoms with E-state index in [1.807, 2.05) is 49.3 Å². The van der Waals surface area contributed by atoms with E-state index in [0.29, 0.717) is 0 Å². The number of carbonyl (C=O) groups is 1. The molecule has 0 aliphatic heterocycles. The molecule has 0 unspecified atom stereocenters. The van der Waals surface area contributed by atoms with Gasteiger partial charge >= 0.3 is 5.97 Å². The minimum atomic E-state index is -0.318. The maximum Gasteiger partial charge on any atom is 0.327 e. The van der Waals surface area contributed by atoms with Crippen molar-refractivity contribution in [2.45, 2.75) is 6.04 Å². The predicted octanol–water partition coefficient (Wildman–Crippen LogP) is 1.46. The van der Waals surface area contributed by atoms with Crippen molar-refractivity contribution in [2.24, 2.45) is 0 Å². The monoisotopic (exact) mass is 193 g/mol. The van der Waals surface area contributed by atoms with Crippen molar-refractivity contribution in [3.8, 4) is 0 Å². The normalized spacial score (nSPS) is 12.6. The van der Waals surface area contributed by atoms with Gasteiger partial charge < -0.3 is 4.74 Å². The SMILES string of the molecule is COC(=O)[C@H](c1ccccc1)N(C)C. The van der Waals surface area contributed by atoms with Crippen LogP contribution in [0, 0.1) is 0 Å². The molecule has 0 aromatic heterocycles. The number of hydrogen-bond acceptors (Lipinski definition) is 3. The Morgan fingerprint density at radius 1 is 1.29 bits per heavy atom. The van der Waals surface area contributed by atoms with Gasteiger partial charge in [-0.3, -0.25) is 4.90 Å². The summed E-state index contributed by atoms with van der Waals surface area (Å²) < 4.78 is 4.75. The first-order valence-electron chi connectivity index (χ1n) is 4.46. The predicted molar refractivity (Wildman–Crippen MR) is 54.9 cm³/mol. The average molecular weight is 193 g/mol. The van der Waals surface area contributed by atoms with Crippen molar-refractivity contribution in [1.29, 1.82) is 0 Å². The highest BCUT2D eigenvalue weighted by Crippen LogP contribution is 2.18. The molecule has 1 aromatic rings. The van der Waals surface area contributed by atoms with Crippen LogP contribution in [0.15, 0.2) is 30.3 Å². The van der Waals surface area contributed by atoms with E-state index in [4.69, 9.17) is 4.74 Å². The summed E-state index contributed by atoms with van der Waals surface area (Å²) in [5.74, 6) is -0.235. The average Bonchev–Trinajstić information content (AvgIpc) is 2.19. The summed E-state index contributed by atoms with van der Waals surface area (Å²) in [6.45, 7) is 0. The van der Waals surface area contributed by atoms with Gasteiger partial charge in [-0.2, -0.15) is 0 Å². The Morgan fingerprint density at radius 3 is 2.29 bits per heavy atom. The molecule has 0 aliphatic carbocycles. The molecule has 0 amide bonds. The molecule has 1 aromatic carbocycles. The Morgan fingerprint density at radius 2 is 1.86 bits per heavy atom. The number of nitrogens with zero attached hydrogens (tertiary/aromatic N) is 1. The van der Waals surface area contributed by atoms with Gasteiger partial charge in [0.05, 0.1) is 7.11 Å². The topological polar surface area (TPSA) is 29.5 Å². The Balaban J connectivity index is 2.95. The molecule has 14 heavy (non-hydrogen) atoms. The van der Waals surface area contributed by atoms with Crippen LogP contribution < -0.4 is 0 Å². The van der Waals surface area contributed by atoms with Crippen LogP contribution in [0.25, 0.3) is 0 Å². The van der Waals surface area contributed by atoms with Crippen LogP contribution in [0.5, 0.6) is 0 Å². The maximum absolute atomic E-state index is 11.5. The molecular weight excluding hydrogens is 178 g/mol.